The lowest BCUT2D eigenvalue weighted by Crippen LogP contribution is -2.23. The number of primary amides is 1. The molecule has 6 heteroatoms. The Morgan fingerprint density at radius 1 is 1.09 bits per heavy atom. The zero-order valence-corrected chi connectivity index (χ0v) is 13.4. The van der Waals surface area contributed by atoms with Crippen molar-refractivity contribution in [3.05, 3.63) is 69.2 Å². The molecule has 23 heavy (non-hydrogen) atoms. The van der Waals surface area contributed by atoms with Gasteiger partial charge in [-0.05, 0) is 42.5 Å². The summed E-state index contributed by atoms with van der Waals surface area (Å²) in [5.41, 5.74) is 6.63. The summed E-state index contributed by atoms with van der Waals surface area (Å²) < 4.78 is 0. The summed E-state index contributed by atoms with van der Waals surface area (Å²) in [5.74, 6) is 4.87. The maximum absolute atomic E-state index is 11.9. The van der Waals surface area contributed by atoms with Gasteiger partial charge in [0.25, 0.3) is 5.91 Å². The summed E-state index contributed by atoms with van der Waals surface area (Å²) >= 11 is 11.7. The summed E-state index contributed by atoms with van der Waals surface area (Å²) in [6, 6.07) is 11.2. The predicted molar refractivity (Wildman–Crippen MR) is 90.6 cm³/mol. The van der Waals surface area contributed by atoms with Crippen molar-refractivity contribution in [3.63, 3.8) is 0 Å². The highest BCUT2D eigenvalue weighted by atomic mass is 35.5. The van der Waals surface area contributed by atoms with E-state index in [1.54, 1.807) is 36.4 Å². The van der Waals surface area contributed by atoms with Crippen molar-refractivity contribution in [2.45, 2.75) is 0 Å². The summed E-state index contributed by atoms with van der Waals surface area (Å²) in [6.45, 7) is 0.162. The smallest absolute Gasteiger partial charge is 0.253 e. The molecule has 0 bridgehead atoms. The zero-order valence-electron chi connectivity index (χ0n) is 11.9. The van der Waals surface area contributed by atoms with Gasteiger partial charge in [0.15, 0.2) is 0 Å². The van der Waals surface area contributed by atoms with Crippen molar-refractivity contribution in [2.75, 3.05) is 6.54 Å². The summed E-state index contributed by atoms with van der Waals surface area (Å²) in [4.78, 5) is 22.9. The van der Waals surface area contributed by atoms with Crippen LogP contribution in [0.15, 0.2) is 42.5 Å². The Balaban J connectivity index is 1.94. The standard InChI is InChI=1S/C17H12Cl2N2O2/c18-13-7-8-14(15(19)10-13)17(23)21-9-1-2-11-3-5-12(6-4-11)16(20)22/h3-8,10H,9H2,(H2,20,22)(H,21,23). The van der Waals surface area contributed by atoms with E-state index in [1.807, 2.05) is 0 Å². The number of rotatable bonds is 3. The van der Waals surface area contributed by atoms with Crippen molar-refractivity contribution in [1.29, 1.82) is 0 Å². The number of carbonyl (C=O) groups is 2. The maximum atomic E-state index is 11.9. The molecule has 0 unspecified atom stereocenters. The molecule has 0 spiro atoms. The highest BCUT2D eigenvalue weighted by Gasteiger charge is 2.09. The normalized spacial score (nSPS) is 9.65. The van der Waals surface area contributed by atoms with Crippen molar-refractivity contribution in [2.24, 2.45) is 5.73 Å². The molecular weight excluding hydrogens is 335 g/mol. The SMILES string of the molecule is NC(=O)c1ccc(C#CCNC(=O)c2ccc(Cl)cc2Cl)cc1. The van der Waals surface area contributed by atoms with Crippen molar-refractivity contribution in [1.82, 2.24) is 5.32 Å². The fourth-order valence-corrected chi connectivity index (χ4v) is 2.25. The van der Waals surface area contributed by atoms with Crippen molar-refractivity contribution >= 4 is 35.0 Å². The van der Waals surface area contributed by atoms with Gasteiger partial charge >= 0.3 is 0 Å². The van der Waals surface area contributed by atoms with Gasteiger partial charge in [0.1, 0.15) is 0 Å². The van der Waals surface area contributed by atoms with Crippen LogP contribution in [-0.4, -0.2) is 18.4 Å². The lowest BCUT2D eigenvalue weighted by atomic mass is 10.1. The van der Waals surface area contributed by atoms with Gasteiger partial charge in [-0.3, -0.25) is 9.59 Å². The Hall–Kier alpha value is -2.48. The molecule has 0 radical (unpaired) electrons. The quantitative estimate of drug-likeness (QED) is 0.838. The minimum Gasteiger partial charge on any atom is -0.366 e. The van der Waals surface area contributed by atoms with Gasteiger partial charge in [0, 0.05) is 16.1 Å². The Bertz CT molecular complexity index is 806. The van der Waals surface area contributed by atoms with E-state index in [9.17, 15) is 9.59 Å². The number of amides is 2. The molecule has 0 aliphatic carbocycles. The minimum atomic E-state index is -0.489. The van der Waals surface area contributed by atoms with Gasteiger partial charge in [0.2, 0.25) is 5.91 Å². The third-order valence-corrected chi connectivity index (χ3v) is 3.46. The maximum Gasteiger partial charge on any atom is 0.253 e. The average molecular weight is 347 g/mol. The van der Waals surface area contributed by atoms with E-state index in [2.05, 4.69) is 17.2 Å². The van der Waals surface area contributed by atoms with Crippen LogP contribution < -0.4 is 11.1 Å². The van der Waals surface area contributed by atoms with Crippen LogP contribution in [0.3, 0.4) is 0 Å². The number of halogens is 2. The molecule has 0 saturated carbocycles. The van der Waals surface area contributed by atoms with Crippen LogP contribution in [0, 0.1) is 11.8 Å². The van der Waals surface area contributed by atoms with E-state index in [0.29, 0.717) is 21.7 Å². The number of carbonyl (C=O) groups excluding carboxylic acids is 2. The third-order valence-electron chi connectivity index (χ3n) is 2.92. The summed E-state index contributed by atoms with van der Waals surface area (Å²) in [6.07, 6.45) is 0. The predicted octanol–water partition coefficient (Wildman–Crippen LogP) is 2.87. The topological polar surface area (TPSA) is 72.2 Å². The summed E-state index contributed by atoms with van der Waals surface area (Å²) in [7, 11) is 0. The van der Waals surface area contributed by atoms with Crippen molar-refractivity contribution < 1.29 is 9.59 Å². The number of benzene rings is 2. The first-order chi connectivity index (χ1) is 11.0. The Morgan fingerprint density at radius 3 is 2.39 bits per heavy atom. The van der Waals surface area contributed by atoms with Crippen molar-refractivity contribution in [3.8, 4) is 11.8 Å². The molecule has 0 aliphatic rings. The van der Waals surface area contributed by atoms with E-state index in [0.717, 1.165) is 0 Å². The Labute approximate surface area is 143 Å². The molecule has 2 aromatic rings. The minimum absolute atomic E-state index is 0.162. The second kappa shape index (κ2) is 7.68. The van der Waals surface area contributed by atoms with Crippen LogP contribution >= 0.6 is 23.2 Å². The lowest BCUT2D eigenvalue weighted by molar-refractivity contribution is 0.0957. The van der Waals surface area contributed by atoms with Gasteiger partial charge in [-0.15, -0.1) is 0 Å². The zero-order chi connectivity index (χ0) is 16.8. The van der Waals surface area contributed by atoms with E-state index in [1.165, 1.54) is 6.07 Å². The van der Waals surface area contributed by atoms with Gasteiger partial charge in [-0.25, -0.2) is 0 Å². The number of nitrogens with two attached hydrogens (primary N) is 1. The summed E-state index contributed by atoms with van der Waals surface area (Å²) in [5, 5.41) is 3.39. The molecule has 2 amide bonds. The Kier molecular flexibility index (Phi) is 5.64. The molecule has 2 rings (SSSR count). The Morgan fingerprint density at radius 2 is 1.78 bits per heavy atom. The first-order valence-electron chi connectivity index (χ1n) is 6.59. The van der Waals surface area contributed by atoms with E-state index in [4.69, 9.17) is 28.9 Å². The van der Waals surface area contributed by atoms with Gasteiger partial charge in [-0.2, -0.15) is 0 Å². The molecule has 0 heterocycles. The number of hydrogen-bond donors (Lipinski definition) is 2. The highest BCUT2D eigenvalue weighted by Crippen LogP contribution is 2.20. The molecule has 3 N–H and O–H groups in total. The van der Waals surface area contributed by atoms with Gasteiger partial charge in [-0.1, -0.05) is 35.0 Å². The molecule has 0 fully saturated rings. The van der Waals surface area contributed by atoms with Crippen LogP contribution in [0.2, 0.25) is 10.0 Å². The second-order valence-electron chi connectivity index (χ2n) is 4.55. The first kappa shape index (κ1) is 16.9. The van der Waals surface area contributed by atoms with E-state index < -0.39 is 5.91 Å². The van der Waals surface area contributed by atoms with Crippen LogP contribution in [0.4, 0.5) is 0 Å². The second-order valence-corrected chi connectivity index (χ2v) is 5.39. The monoisotopic (exact) mass is 346 g/mol. The molecule has 0 atom stereocenters. The number of nitrogens with one attached hydrogen (secondary N) is 1. The van der Waals surface area contributed by atoms with Crippen LogP contribution in [0.25, 0.3) is 0 Å². The average Bonchev–Trinajstić information content (AvgIpc) is 2.51. The molecule has 0 aromatic heterocycles. The van der Waals surface area contributed by atoms with Crippen LogP contribution in [0.5, 0.6) is 0 Å². The molecule has 0 aliphatic heterocycles. The highest BCUT2D eigenvalue weighted by molar-refractivity contribution is 6.36. The first-order valence-corrected chi connectivity index (χ1v) is 7.35. The fraction of sp³-hybridized carbons (Fsp3) is 0.0588. The van der Waals surface area contributed by atoms with E-state index >= 15 is 0 Å². The molecule has 2 aromatic carbocycles. The fourth-order valence-electron chi connectivity index (χ4n) is 1.76. The lowest BCUT2D eigenvalue weighted by Gasteiger charge is -2.04. The molecule has 4 nitrogen and oxygen atoms in total. The van der Waals surface area contributed by atoms with Gasteiger partial charge in [0.05, 0.1) is 17.1 Å². The van der Waals surface area contributed by atoms with E-state index in [-0.39, 0.29) is 17.5 Å². The van der Waals surface area contributed by atoms with Crippen LogP contribution in [0.1, 0.15) is 26.3 Å². The third kappa shape index (κ3) is 4.75. The molecule has 116 valence electrons. The van der Waals surface area contributed by atoms with Crippen LogP contribution in [-0.2, 0) is 0 Å². The number of hydrogen-bond acceptors (Lipinski definition) is 2. The largest absolute Gasteiger partial charge is 0.366 e. The molecule has 0 saturated heterocycles. The molecular formula is C17H12Cl2N2O2. The van der Waals surface area contributed by atoms with Gasteiger partial charge < -0.3 is 11.1 Å².